The van der Waals surface area contributed by atoms with Crippen molar-refractivity contribution in [3.8, 4) is 0 Å². The van der Waals surface area contributed by atoms with Crippen LogP contribution in [0.3, 0.4) is 0 Å². The SMILES string of the molecule is CC(C)Cc1nc2c(n1C1(C)CCOC1C)CCNC2. The van der Waals surface area contributed by atoms with Crippen molar-refractivity contribution in [2.45, 2.75) is 65.1 Å². The third-order valence-electron chi connectivity index (χ3n) is 4.91. The van der Waals surface area contributed by atoms with Crippen LogP contribution < -0.4 is 5.32 Å². The molecule has 0 aromatic carbocycles. The van der Waals surface area contributed by atoms with Gasteiger partial charge < -0.3 is 14.6 Å². The molecule has 2 aliphatic rings. The van der Waals surface area contributed by atoms with E-state index in [1.165, 1.54) is 17.2 Å². The molecule has 0 saturated carbocycles. The number of aromatic nitrogens is 2. The van der Waals surface area contributed by atoms with Crippen molar-refractivity contribution in [1.82, 2.24) is 14.9 Å². The number of nitrogens with one attached hydrogen (secondary N) is 1. The average molecular weight is 277 g/mol. The van der Waals surface area contributed by atoms with Gasteiger partial charge >= 0.3 is 0 Å². The molecule has 4 nitrogen and oxygen atoms in total. The monoisotopic (exact) mass is 277 g/mol. The zero-order valence-corrected chi connectivity index (χ0v) is 13.2. The van der Waals surface area contributed by atoms with Crippen LogP contribution in [0.2, 0.25) is 0 Å². The Morgan fingerprint density at radius 3 is 2.95 bits per heavy atom. The third kappa shape index (κ3) is 2.19. The van der Waals surface area contributed by atoms with Crippen molar-refractivity contribution < 1.29 is 4.74 Å². The van der Waals surface area contributed by atoms with E-state index >= 15 is 0 Å². The smallest absolute Gasteiger partial charge is 0.110 e. The number of ether oxygens (including phenoxy) is 1. The molecule has 3 heterocycles. The molecule has 0 amide bonds. The average Bonchev–Trinajstić information content (AvgIpc) is 2.90. The van der Waals surface area contributed by atoms with E-state index in [-0.39, 0.29) is 11.6 Å². The lowest BCUT2D eigenvalue weighted by Gasteiger charge is -2.34. The zero-order chi connectivity index (χ0) is 14.3. The van der Waals surface area contributed by atoms with E-state index in [0.717, 1.165) is 39.0 Å². The van der Waals surface area contributed by atoms with Gasteiger partial charge in [0.15, 0.2) is 0 Å². The Bertz CT molecular complexity index is 494. The van der Waals surface area contributed by atoms with Crippen LogP contribution in [-0.2, 0) is 29.7 Å². The maximum absolute atomic E-state index is 5.88. The highest BCUT2D eigenvalue weighted by atomic mass is 16.5. The molecule has 4 heteroatoms. The highest BCUT2D eigenvalue weighted by Gasteiger charge is 2.42. The summed E-state index contributed by atoms with van der Waals surface area (Å²) in [6.07, 6.45) is 3.50. The number of rotatable bonds is 3. The molecule has 1 aromatic heterocycles. The quantitative estimate of drug-likeness (QED) is 0.921. The number of fused-ring (bicyclic) bond motifs is 1. The number of imidazole rings is 1. The summed E-state index contributed by atoms with van der Waals surface area (Å²) in [6.45, 7) is 11.9. The molecule has 3 rings (SSSR count). The van der Waals surface area contributed by atoms with E-state index in [2.05, 4.69) is 37.6 Å². The minimum atomic E-state index is 0.0716. The van der Waals surface area contributed by atoms with Gasteiger partial charge in [-0.2, -0.15) is 0 Å². The molecule has 2 atom stereocenters. The first-order valence-electron chi connectivity index (χ1n) is 7.94. The molecule has 2 aliphatic heterocycles. The van der Waals surface area contributed by atoms with E-state index in [9.17, 15) is 0 Å². The first-order valence-corrected chi connectivity index (χ1v) is 7.94. The van der Waals surface area contributed by atoms with Crippen molar-refractivity contribution in [2.24, 2.45) is 5.92 Å². The number of nitrogens with zero attached hydrogens (tertiary/aromatic N) is 2. The summed E-state index contributed by atoms with van der Waals surface area (Å²) in [5, 5.41) is 3.44. The van der Waals surface area contributed by atoms with Gasteiger partial charge in [-0.3, -0.25) is 0 Å². The molecule has 0 radical (unpaired) electrons. The summed E-state index contributed by atoms with van der Waals surface area (Å²) in [7, 11) is 0. The van der Waals surface area contributed by atoms with Crippen LogP contribution in [0.5, 0.6) is 0 Å². The fraction of sp³-hybridized carbons (Fsp3) is 0.812. The van der Waals surface area contributed by atoms with Gasteiger partial charge in [0.05, 0.1) is 17.3 Å². The van der Waals surface area contributed by atoms with Crippen molar-refractivity contribution in [1.29, 1.82) is 0 Å². The van der Waals surface area contributed by atoms with E-state index in [1.54, 1.807) is 0 Å². The van der Waals surface area contributed by atoms with Gasteiger partial charge in [0, 0.05) is 38.2 Å². The Morgan fingerprint density at radius 1 is 1.50 bits per heavy atom. The summed E-state index contributed by atoms with van der Waals surface area (Å²) in [5.74, 6) is 1.89. The first-order chi connectivity index (χ1) is 9.52. The zero-order valence-electron chi connectivity index (χ0n) is 13.2. The highest BCUT2D eigenvalue weighted by molar-refractivity contribution is 5.24. The summed E-state index contributed by atoms with van der Waals surface area (Å²) < 4.78 is 8.42. The number of hydrogen-bond donors (Lipinski definition) is 1. The minimum Gasteiger partial charge on any atom is -0.376 e. The van der Waals surface area contributed by atoms with Crippen molar-refractivity contribution in [2.75, 3.05) is 13.2 Å². The summed E-state index contributed by atoms with van der Waals surface area (Å²) in [4.78, 5) is 4.96. The minimum absolute atomic E-state index is 0.0716. The maximum atomic E-state index is 5.88. The summed E-state index contributed by atoms with van der Waals surface area (Å²) in [6, 6.07) is 0. The fourth-order valence-corrected chi connectivity index (χ4v) is 3.59. The maximum Gasteiger partial charge on any atom is 0.110 e. The Kier molecular flexibility index (Phi) is 3.63. The van der Waals surface area contributed by atoms with Crippen LogP contribution in [0.25, 0.3) is 0 Å². The lowest BCUT2D eigenvalue weighted by molar-refractivity contribution is 0.0733. The molecule has 1 N–H and O–H groups in total. The lowest BCUT2D eigenvalue weighted by atomic mass is 9.92. The van der Waals surface area contributed by atoms with Crippen LogP contribution in [0, 0.1) is 5.92 Å². The van der Waals surface area contributed by atoms with E-state index in [4.69, 9.17) is 9.72 Å². The van der Waals surface area contributed by atoms with Crippen molar-refractivity contribution in [3.05, 3.63) is 17.2 Å². The van der Waals surface area contributed by atoms with Crippen LogP contribution in [0.15, 0.2) is 0 Å². The lowest BCUT2D eigenvalue weighted by Crippen LogP contribution is -2.40. The Labute approximate surface area is 121 Å². The van der Waals surface area contributed by atoms with E-state index in [1.807, 2.05) is 0 Å². The standard InChI is InChI=1S/C16H27N3O/c1-11(2)9-15-18-13-10-17-7-5-14(13)19(15)16(4)6-8-20-12(16)3/h11-12,17H,5-10H2,1-4H3. The Hall–Kier alpha value is -0.870. The molecular weight excluding hydrogens is 250 g/mol. The van der Waals surface area contributed by atoms with Gasteiger partial charge in [-0.05, 0) is 26.2 Å². The normalized spacial score (nSPS) is 29.9. The second-order valence-corrected chi connectivity index (χ2v) is 6.90. The fourth-order valence-electron chi connectivity index (χ4n) is 3.59. The van der Waals surface area contributed by atoms with Crippen LogP contribution in [-0.4, -0.2) is 28.8 Å². The van der Waals surface area contributed by atoms with Gasteiger partial charge in [-0.25, -0.2) is 4.98 Å². The molecule has 0 spiro atoms. The molecular formula is C16H27N3O. The molecule has 20 heavy (non-hydrogen) atoms. The predicted octanol–water partition coefficient (Wildman–Crippen LogP) is 2.25. The third-order valence-corrected chi connectivity index (χ3v) is 4.91. The number of hydrogen-bond acceptors (Lipinski definition) is 3. The van der Waals surface area contributed by atoms with Crippen molar-refractivity contribution >= 4 is 0 Å². The topological polar surface area (TPSA) is 39.1 Å². The highest BCUT2D eigenvalue weighted by Crippen LogP contribution is 2.37. The van der Waals surface area contributed by atoms with Gasteiger partial charge in [0.1, 0.15) is 5.82 Å². The van der Waals surface area contributed by atoms with E-state index < -0.39 is 0 Å². The molecule has 0 aliphatic carbocycles. The summed E-state index contributed by atoms with van der Waals surface area (Å²) >= 11 is 0. The van der Waals surface area contributed by atoms with Crippen molar-refractivity contribution in [3.63, 3.8) is 0 Å². The van der Waals surface area contributed by atoms with Crippen LogP contribution in [0.4, 0.5) is 0 Å². The van der Waals surface area contributed by atoms with Gasteiger partial charge in [-0.1, -0.05) is 13.8 Å². The Balaban J connectivity index is 2.09. The molecule has 1 saturated heterocycles. The van der Waals surface area contributed by atoms with Gasteiger partial charge in [-0.15, -0.1) is 0 Å². The second-order valence-electron chi connectivity index (χ2n) is 6.90. The predicted molar refractivity (Wildman–Crippen MR) is 79.9 cm³/mol. The molecule has 112 valence electrons. The van der Waals surface area contributed by atoms with E-state index in [0.29, 0.717) is 5.92 Å². The van der Waals surface area contributed by atoms with Crippen LogP contribution >= 0.6 is 0 Å². The second kappa shape index (κ2) is 5.15. The van der Waals surface area contributed by atoms with Gasteiger partial charge in [0.25, 0.3) is 0 Å². The molecule has 1 fully saturated rings. The molecule has 0 bridgehead atoms. The largest absolute Gasteiger partial charge is 0.376 e. The van der Waals surface area contributed by atoms with Gasteiger partial charge in [0.2, 0.25) is 0 Å². The Morgan fingerprint density at radius 2 is 2.30 bits per heavy atom. The molecule has 2 unspecified atom stereocenters. The first kappa shape index (κ1) is 14.1. The summed E-state index contributed by atoms with van der Waals surface area (Å²) in [5.41, 5.74) is 2.77. The molecule has 1 aromatic rings. The van der Waals surface area contributed by atoms with Crippen LogP contribution in [0.1, 0.15) is 51.3 Å².